The number of hydrogen-bond donors (Lipinski definition) is 1. The standard InChI is InChI=1S/C18H27N3/c1-2-8-18(9-3-1)14-21(16-6-12-20-13-7-16)17(18)15-4-10-19-11-5-15/h4-5,10-11,16-17,20H,1-3,6-9,12-14H2. The van der Waals surface area contributed by atoms with Gasteiger partial charge in [-0.25, -0.2) is 0 Å². The van der Waals surface area contributed by atoms with E-state index >= 15 is 0 Å². The molecular weight excluding hydrogens is 258 g/mol. The highest BCUT2D eigenvalue weighted by atomic mass is 15.3. The van der Waals surface area contributed by atoms with Crippen molar-refractivity contribution in [1.82, 2.24) is 15.2 Å². The van der Waals surface area contributed by atoms with Crippen LogP contribution in [0.2, 0.25) is 0 Å². The van der Waals surface area contributed by atoms with E-state index in [0.29, 0.717) is 11.5 Å². The maximum absolute atomic E-state index is 4.23. The van der Waals surface area contributed by atoms with Crippen LogP contribution in [0.3, 0.4) is 0 Å². The summed E-state index contributed by atoms with van der Waals surface area (Å²) >= 11 is 0. The lowest BCUT2D eigenvalue weighted by Gasteiger charge is -2.62. The number of nitrogens with zero attached hydrogens (tertiary/aromatic N) is 2. The van der Waals surface area contributed by atoms with Crippen molar-refractivity contribution in [2.75, 3.05) is 19.6 Å². The minimum Gasteiger partial charge on any atom is -0.317 e. The summed E-state index contributed by atoms with van der Waals surface area (Å²) in [5.74, 6) is 0. The highest BCUT2D eigenvalue weighted by molar-refractivity contribution is 5.24. The van der Waals surface area contributed by atoms with Crippen LogP contribution in [0, 0.1) is 5.41 Å². The molecule has 3 nitrogen and oxygen atoms in total. The molecule has 2 saturated heterocycles. The first-order chi connectivity index (χ1) is 10.4. The maximum Gasteiger partial charge on any atom is 0.0420 e. The summed E-state index contributed by atoms with van der Waals surface area (Å²) in [7, 11) is 0. The van der Waals surface area contributed by atoms with E-state index in [4.69, 9.17) is 0 Å². The second-order valence-electron chi connectivity index (χ2n) is 7.26. The summed E-state index contributed by atoms with van der Waals surface area (Å²) in [5.41, 5.74) is 2.08. The van der Waals surface area contributed by atoms with Crippen LogP contribution in [0.4, 0.5) is 0 Å². The number of rotatable bonds is 2. The zero-order valence-electron chi connectivity index (χ0n) is 12.9. The zero-order chi connectivity index (χ0) is 14.1. The molecule has 1 atom stereocenters. The van der Waals surface area contributed by atoms with Crippen LogP contribution in [0.5, 0.6) is 0 Å². The summed E-state index contributed by atoms with van der Waals surface area (Å²) in [4.78, 5) is 7.05. The molecule has 1 saturated carbocycles. The van der Waals surface area contributed by atoms with Gasteiger partial charge in [0, 0.05) is 36.4 Å². The number of nitrogens with one attached hydrogen (secondary N) is 1. The van der Waals surface area contributed by atoms with Crippen LogP contribution in [-0.2, 0) is 0 Å². The van der Waals surface area contributed by atoms with Gasteiger partial charge in [-0.1, -0.05) is 19.3 Å². The van der Waals surface area contributed by atoms with Crippen molar-refractivity contribution in [2.24, 2.45) is 5.41 Å². The van der Waals surface area contributed by atoms with Crippen molar-refractivity contribution in [1.29, 1.82) is 0 Å². The number of piperidine rings is 1. The molecule has 3 heterocycles. The van der Waals surface area contributed by atoms with E-state index in [0.717, 1.165) is 6.04 Å². The monoisotopic (exact) mass is 285 g/mol. The molecule has 1 unspecified atom stereocenters. The van der Waals surface area contributed by atoms with Gasteiger partial charge in [-0.3, -0.25) is 9.88 Å². The Bertz CT molecular complexity index is 461. The van der Waals surface area contributed by atoms with E-state index in [-0.39, 0.29) is 0 Å². The summed E-state index contributed by atoms with van der Waals surface area (Å²) in [6, 6.07) is 5.96. The molecule has 0 amide bonds. The van der Waals surface area contributed by atoms with Crippen molar-refractivity contribution in [3.05, 3.63) is 30.1 Å². The molecule has 1 spiro atoms. The Hall–Kier alpha value is -0.930. The Morgan fingerprint density at radius 1 is 1.05 bits per heavy atom. The smallest absolute Gasteiger partial charge is 0.0420 e. The quantitative estimate of drug-likeness (QED) is 0.905. The average Bonchev–Trinajstić information content (AvgIpc) is 2.55. The molecule has 0 bridgehead atoms. The molecule has 3 fully saturated rings. The molecule has 114 valence electrons. The average molecular weight is 285 g/mol. The maximum atomic E-state index is 4.23. The Morgan fingerprint density at radius 2 is 1.76 bits per heavy atom. The fourth-order valence-corrected chi connectivity index (χ4v) is 5.04. The van der Waals surface area contributed by atoms with Crippen molar-refractivity contribution < 1.29 is 0 Å². The lowest BCUT2D eigenvalue weighted by atomic mass is 9.60. The predicted molar refractivity (Wildman–Crippen MR) is 85.1 cm³/mol. The molecule has 1 aromatic heterocycles. The van der Waals surface area contributed by atoms with E-state index in [1.54, 1.807) is 0 Å². The Kier molecular flexibility index (Phi) is 3.72. The molecule has 2 aliphatic heterocycles. The molecule has 0 radical (unpaired) electrons. The minimum absolute atomic E-state index is 0.574. The van der Waals surface area contributed by atoms with Crippen LogP contribution in [0.25, 0.3) is 0 Å². The highest BCUT2D eigenvalue weighted by Crippen LogP contribution is 2.58. The summed E-state index contributed by atoms with van der Waals surface area (Å²) < 4.78 is 0. The Labute approximate surface area is 128 Å². The van der Waals surface area contributed by atoms with Gasteiger partial charge >= 0.3 is 0 Å². The lowest BCUT2D eigenvalue weighted by molar-refractivity contribution is -0.129. The van der Waals surface area contributed by atoms with Crippen LogP contribution in [0.15, 0.2) is 24.5 Å². The zero-order valence-corrected chi connectivity index (χ0v) is 12.9. The van der Waals surface area contributed by atoms with Gasteiger partial charge in [0.25, 0.3) is 0 Å². The van der Waals surface area contributed by atoms with E-state index in [1.807, 2.05) is 12.4 Å². The molecule has 3 aliphatic rings. The fraction of sp³-hybridized carbons (Fsp3) is 0.722. The fourth-order valence-electron chi connectivity index (χ4n) is 5.04. The molecule has 0 aromatic carbocycles. The van der Waals surface area contributed by atoms with Crippen molar-refractivity contribution in [2.45, 2.75) is 57.0 Å². The molecule has 21 heavy (non-hydrogen) atoms. The third kappa shape index (κ3) is 2.40. The second kappa shape index (κ2) is 5.69. The first-order valence-electron chi connectivity index (χ1n) is 8.75. The summed E-state index contributed by atoms with van der Waals surface area (Å²) in [6.07, 6.45) is 13.8. The Morgan fingerprint density at radius 3 is 2.48 bits per heavy atom. The highest BCUT2D eigenvalue weighted by Gasteiger charge is 2.54. The van der Waals surface area contributed by atoms with Crippen LogP contribution in [0.1, 0.15) is 56.6 Å². The normalized spacial score (nSPS) is 30.2. The van der Waals surface area contributed by atoms with Gasteiger partial charge in [0.15, 0.2) is 0 Å². The third-order valence-electron chi connectivity index (χ3n) is 6.06. The largest absolute Gasteiger partial charge is 0.317 e. The van der Waals surface area contributed by atoms with Crippen LogP contribution in [-0.4, -0.2) is 35.6 Å². The third-order valence-corrected chi connectivity index (χ3v) is 6.06. The molecule has 4 rings (SSSR count). The summed E-state index contributed by atoms with van der Waals surface area (Å²) in [6.45, 7) is 3.72. The van der Waals surface area contributed by atoms with Crippen LogP contribution < -0.4 is 5.32 Å². The number of pyridine rings is 1. The van der Waals surface area contributed by atoms with Crippen molar-refractivity contribution >= 4 is 0 Å². The first kappa shape index (κ1) is 13.7. The van der Waals surface area contributed by atoms with Gasteiger partial charge in [0.1, 0.15) is 0 Å². The van der Waals surface area contributed by atoms with Gasteiger partial charge in [-0.05, 0) is 56.5 Å². The number of hydrogen-bond acceptors (Lipinski definition) is 3. The van der Waals surface area contributed by atoms with E-state index in [9.17, 15) is 0 Å². The van der Waals surface area contributed by atoms with Crippen molar-refractivity contribution in [3.63, 3.8) is 0 Å². The van der Waals surface area contributed by atoms with Crippen LogP contribution >= 0.6 is 0 Å². The summed E-state index contributed by atoms with van der Waals surface area (Å²) in [5, 5.41) is 3.51. The minimum atomic E-state index is 0.574. The first-order valence-corrected chi connectivity index (χ1v) is 8.75. The van der Waals surface area contributed by atoms with Gasteiger partial charge in [-0.2, -0.15) is 0 Å². The van der Waals surface area contributed by atoms with Crippen molar-refractivity contribution in [3.8, 4) is 0 Å². The lowest BCUT2D eigenvalue weighted by Crippen LogP contribution is -2.63. The SMILES string of the molecule is c1cc(C2N(C3CCNCC3)CC23CCCCC3)ccn1. The molecule has 1 N–H and O–H groups in total. The van der Waals surface area contributed by atoms with Gasteiger partial charge in [-0.15, -0.1) is 0 Å². The Balaban J connectivity index is 1.60. The topological polar surface area (TPSA) is 28.2 Å². The second-order valence-corrected chi connectivity index (χ2v) is 7.26. The van der Waals surface area contributed by atoms with Gasteiger partial charge in [0.2, 0.25) is 0 Å². The molecular formula is C18H27N3. The van der Waals surface area contributed by atoms with Gasteiger partial charge in [0.05, 0.1) is 0 Å². The van der Waals surface area contributed by atoms with E-state index < -0.39 is 0 Å². The molecule has 1 aliphatic carbocycles. The number of aromatic nitrogens is 1. The van der Waals surface area contributed by atoms with E-state index in [1.165, 1.54) is 70.1 Å². The van der Waals surface area contributed by atoms with E-state index in [2.05, 4.69) is 27.3 Å². The molecule has 1 aromatic rings. The number of likely N-dealkylation sites (tertiary alicyclic amines) is 1. The van der Waals surface area contributed by atoms with Gasteiger partial charge < -0.3 is 5.32 Å². The predicted octanol–water partition coefficient (Wildman–Crippen LogP) is 3.14. The molecule has 3 heteroatoms.